The van der Waals surface area contributed by atoms with Crippen LogP contribution in [0.3, 0.4) is 0 Å². The molecular weight excluding hydrogens is 300 g/mol. The topological polar surface area (TPSA) is 47.5 Å². The van der Waals surface area contributed by atoms with Gasteiger partial charge in [-0.05, 0) is 38.2 Å². The normalized spacial score (nSPS) is 15.4. The molecule has 0 radical (unpaired) electrons. The lowest BCUT2D eigenvalue weighted by Crippen LogP contribution is -2.44. The van der Waals surface area contributed by atoms with Gasteiger partial charge < -0.3 is 20.0 Å². The Balaban J connectivity index is 1.76. The minimum absolute atomic E-state index is 0.654. The molecule has 6 heteroatoms. The first kappa shape index (κ1) is 16.5. The smallest absolute Gasteiger partial charge is 0.229 e. The van der Waals surface area contributed by atoms with Gasteiger partial charge in [0, 0.05) is 63.4 Å². The Kier molecular flexibility index (Phi) is 4.85. The number of likely N-dealkylation sites (N-methyl/N-ethyl adjacent to an activating group) is 1. The van der Waals surface area contributed by atoms with Crippen LogP contribution in [0.15, 0.2) is 30.3 Å². The molecular formula is C18H26N6. The average Bonchev–Trinajstić information content (AvgIpc) is 2.55. The van der Waals surface area contributed by atoms with Crippen molar-refractivity contribution in [1.29, 1.82) is 0 Å². The first-order valence-electron chi connectivity index (χ1n) is 8.35. The van der Waals surface area contributed by atoms with Gasteiger partial charge in [0.1, 0.15) is 5.82 Å². The largest absolute Gasteiger partial charge is 0.378 e. The number of nitrogens with one attached hydrogen (secondary N) is 1. The molecule has 1 aliphatic heterocycles. The van der Waals surface area contributed by atoms with E-state index in [0.29, 0.717) is 5.95 Å². The van der Waals surface area contributed by atoms with Crippen LogP contribution in [0.4, 0.5) is 23.1 Å². The molecule has 2 heterocycles. The molecule has 6 nitrogen and oxygen atoms in total. The van der Waals surface area contributed by atoms with E-state index in [1.165, 1.54) is 5.69 Å². The van der Waals surface area contributed by atoms with E-state index in [1.807, 2.05) is 21.0 Å². The minimum Gasteiger partial charge on any atom is -0.378 e. The van der Waals surface area contributed by atoms with E-state index in [9.17, 15) is 0 Å². The van der Waals surface area contributed by atoms with Gasteiger partial charge in [-0.2, -0.15) is 4.98 Å². The number of hydrogen-bond acceptors (Lipinski definition) is 6. The molecule has 2 aromatic rings. The van der Waals surface area contributed by atoms with Crippen molar-refractivity contribution in [3.8, 4) is 0 Å². The molecule has 0 amide bonds. The highest BCUT2D eigenvalue weighted by Crippen LogP contribution is 2.21. The molecule has 0 saturated carbocycles. The van der Waals surface area contributed by atoms with Gasteiger partial charge in [-0.1, -0.05) is 0 Å². The van der Waals surface area contributed by atoms with Gasteiger partial charge in [-0.15, -0.1) is 0 Å². The summed E-state index contributed by atoms with van der Waals surface area (Å²) >= 11 is 0. The lowest BCUT2D eigenvalue weighted by atomic mass is 10.2. The Morgan fingerprint density at radius 2 is 1.67 bits per heavy atom. The van der Waals surface area contributed by atoms with Crippen LogP contribution in [0, 0.1) is 6.92 Å². The Morgan fingerprint density at radius 3 is 2.29 bits per heavy atom. The lowest BCUT2D eigenvalue weighted by Gasteiger charge is -2.33. The Labute approximate surface area is 144 Å². The van der Waals surface area contributed by atoms with Gasteiger partial charge in [0.05, 0.1) is 0 Å². The van der Waals surface area contributed by atoms with Crippen molar-refractivity contribution in [2.45, 2.75) is 6.92 Å². The highest BCUT2D eigenvalue weighted by molar-refractivity contribution is 5.60. The summed E-state index contributed by atoms with van der Waals surface area (Å²) < 4.78 is 0. The highest BCUT2D eigenvalue weighted by Gasteiger charge is 2.16. The van der Waals surface area contributed by atoms with E-state index in [4.69, 9.17) is 4.98 Å². The maximum Gasteiger partial charge on any atom is 0.229 e. The van der Waals surface area contributed by atoms with Crippen LogP contribution in [0.2, 0.25) is 0 Å². The molecule has 1 saturated heterocycles. The first-order valence-corrected chi connectivity index (χ1v) is 8.35. The fourth-order valence-electron chi connectivity index (χ4n) is 2.78. The van der Waals surface area contributed by atoms with E-state index < -0.39 is 0 Å². The third-order valence-corrected chi connectivity index (χ3v) is 4.31. The maximum atomic E-state index is 4.71. The summed E-state index contributed by atoms with van der Waals surface area (Å²) in [6.45, 7) is 6.16. The summed E-state index contributed by atoms with van der Waals surface area (Å²) in [6.07, 6.45) is 0. The Hall–Kier alpha value is -2.34. The van der Waals surface area contributed by atoms with Crippen molar-refractivity contribution in [2.75, 3.05) is 62.4 Å². The van der Waals surface area contributed by atoms with Gasteiger partial charge in [-0.3, -0.25) is 0 Å². The number of benzene rings is 1. The van der Waals surface area contributed by atoms with Crippen LogP contribution in [-0.2, 0) is 0 Å². The number of nitrogens with zero attached hydrogens (tertiary/aromatic N) is 5. The van der Waals surface area contributed by atoms with Crippen molar-refractivity contribution >= 4 is 23.1 Å². The van der Waals surface area contributed by atoms with E-state index in [0.717, 1.165) is 43.4 Å². The predicted molar refractivity (Wildman–Crippen MR) is 101 cm³/mol. The van der Waals surface area contributed by atoms with Crippen molar-refractivity contribution in [3.05, 3.63) is 36.0 Å². The predicted octanol–water partition coefficient (Wildman–Crippen LogP) is 2.35. The quantitative estimate of drug-likeness (QED) is 0.931. The van der Waals surface area contributed by atoms with Crippen LogP contribution >= 0.6 is 0 Å². The molecule has 1 aromatic carbocycles. The van der Waals surface area contributed by atoms with Crippen molar-refractivity contribution < 1.29 is 0 Å². The van der Waals surface area contributed by atoms with Gasteiger partial charge in [0.25, 0.3) is 0 Å². The molecule has 128 valence electrons. The number of aromatic nitrogens is 2. The van der Waals surface area contributed by atoms with Gasteiger partial charge in [0.2, 0.25) is 5.95 Å². The van der Waals surface area contributed by atoms with Crippen LogP contribution in [0.1, 0.15) is 5.69 Å². The van der Waals surface area contributed by atoms with Crippen LogP contribution in [0.5, 0.6) is 0 Å². The third-order valence-electron chi connectivity index (χ3n) is 4.31. The molecule has 24 heavy (non-hydrogen) atoms. The summed E-state index contributed by atoms with van der Waals surface area (Å²) in [5.74, 6) is 1.66. The average molecular weight is 326 g/mol. The summed E-state index contributed by atoms with van der Waals surface area (Å²) in [7, 11) is 6.23. The molecule has 0 bridgehead atoms. The molecule has 0 spiro atoms. The Morgan fingerprint density at radius 1 is 1.00 bits per heavy atom. The highest BCUT2D eigenvalue weighted by atomic mass is 15.3. The fraction of sp³-hybridized carbons (Fsp3) is 0.444. The zero-order valence-corrected chi connectivity index (χ0v) is 15.0. The molecule has 0 aliphatic carbocycles. The second-order valence-electron chi connectivity index (χ2n) is 6.55. The zero-order chi connectivity index (χ0) is 17.1. The van der Waals surface area contributed by atoms with E-state index in [1.54, 1.807) is 0 Å². The minimum atomic E-state index is 0.654. The number of aryl methyl sites for hydroxylation is 1. The summed E-state index contributed by atoms with van der Waals surface area (Å²) in [6, 6.07) is 10.3. The van der Waals surface area contributed by atoms with Crippen LogP contribution in [-0.4, -0.2) is 62.2 Å². The van der Waals surface area contributed by atoms with Gasteiger partial charge in [0.15, 0.2) is 0 Å². The SMILES string of the molecule is Cc1cc(N2CCN(C)CC2)nc(Nc2ccc(N(C)C)cc2)n1. The van der Waals surface area contributed by atoms with Crippen molar-refractivity contribution in [2.24, 2.45) is 0 Å². The molecule has 0 unspecified atom stereocenters. The van der Waals surface area contributed by atoms with E-state index >= 15 is 0 Å². The molecule has 1 N–H and O–H groups in total. The fourth-order valence-corrected chi connectivity index (χ4v) is 2.78. The molecule has 0 atom stereocenters. The summed E-state index contributed by atoms with van der Waals surface area (Å²) in [5.41, 5.74) is 3.14. The lowest BCUT2D eigenvalue weighted by molar-refractivity contribution is 0.312. The number of anilines is 4. The van der Waals surface area contributed by atoms with E-state index in [2.05, 4.69) is 62.4 Å². The standard InChI is InChI=1S/C18H26N6/c1-14-13-17(24-11-9-23(4)10-12-24)21-18(19-14)20-15-5-7-16(8-6-15)22(2)3/h5-8,13H,9-12H2,1-4H3,(H,19,20,21). The zero-order valence-electron chi connectivity index (χ0n) is 15.0. The third kappa shape index (κ3) is 3.94. The number of rotatable bonds is 4. The van der Waals surface area contributed by atoms with Gasteiger partial charge >= 0.3 is 0 Å². The van der Waals surface area contributed by atoms with Crippen LogP contribution in [0.25, 0.3) is 0 Å². The van der Waals surface area contributed by atoms with Crippen LogP contribution < -0.4 is 15.1 Å². The summed E-state index contributed by atoms with van der Waals surface area (Å²) in [5, 5.41) is 3.32. The molecule has 1 fully saturated rings. The van der Waals surface area contributed by atoms with E-state index in [-0.39, 0.29) is 0 Å². The Bertz CT molecular complexity index is 674. The first-order chi connectivity index (χ1) is 11.5. The van der Waals surface area contributed by atoms with Crippen molar-refractivity contribution in [3.63, 3.8) is 0 Å². The number of hydrogen-bond donors (Lipinski definition) is 1. The van der Waals surface area contributed by atoms with Gasteiger partial charge in [-0.25, -0.2) is 4.98 Å². The van der Waals surface area contributed by atoms with Crippen molar-refractivity contribution in [1.82, 2.24) is 14.9 Å². The monoisotopic (exact) mass is 326 g/mol. The molecule has 1 aromatic heterocycles. The second kappa shape index (κ2) is 7.05. The molecule has 1 aliphatic rings. The second-order valence-corrected chi connectivity index (χ2v) is 6.55. The molecule has 3 rings (SSSR count). The summed E-state index contributed by atoms with van der Waals surface area (Å²) in [4.78, 5) is 16.0. The maximum absolute atomic E-state index is 4.71. The number of piperazine rings is 1.